The van der Waals surface area contributed by atoms with E-state index in [-0.39, 0.29) is 0 Å². The van der Waals surface area contributed by atoms with Gasteiger partial charge in [0.25, 0.3) is 0 Å². The maximum atomic E-state index is 5.68. The van der Waals surface area contributed by atoms with Crippen molar-refractivity contribution in [2.24, 2.45) is 0 Å². The van der Waals surface area contributed by atoms with Crippen molar-refractivity contribution in [2.75, 3.05) is 0 Å². The fourth-order valence-electron chi connectivity index (χ4n) is 2.10. The molecule has 1 aromatic heterocycles. The number of hydrogen-bond acceptors (Lipinski definition) is 4. The summed E-state index contributed by atoms with van der Waals surface area (Å²) in [4.78, 5) is 0. The maximum Gasteiger partial charge on any atom is 0.230 e. The number of aromatic nitrogens is 2. The number of benzene rings is 1. The average Bonchev–Trinajstić information content (AvgIpc) is 3.12. The number of nitrogens with one attached hydrogen (secondary N) is 1. The van der Waals surface area contributed by atoms with Crippen molar-refractivity contribution in [3.63, 3.8) is 0 Å². The normalized spacial score (nSPS) is 14.8. The Morgan fingerprint density at radius 3 is 2.79 bits per heavy atom. The molecular formula is C15H19N3O. The second-order valence-corrected chi connectivity index (χ2v) is 5.35. The van der Waals surface area contributed by atoms with Gasteiger partial charge in [0.2, 0.25) is 11.8 Å². The summed E-state index contributed by atoms with van der Waals surface area (Å²) in [5, 5.41) is 11.6. The van der Waals surface area contributed by atoms with Crippen LogP contribution in [0.3, 0.4) is 0 Å². The molecule has 100 valence electrons. The molecule has 0 amide bonds. The zero-order chi connectivity index (χ0) is 13.2. The molecule has 1 saturated carbocycles. The van der Waals surface area contributed by atoms with Crippen molar-refractivity contribution in [3.05, 3.63) is 46.7 Å². The zero-order valence-corrected chi connectivity index (χ0v) is 11.4. The SMILES string of the molecule is Cc1ccc(C)c(Cc2nnc(CNC3CC3)o2)c1. The molecule has 1 N–H and O–H groups in total. The van der Waals surface area contributed by atoms with E-state index in [0.29, 0.717) is 30.8 Å². The first-order chi connectivity index (χ1) is 9.20. The van der Waals surface area contributed by atoms with E-state index in [9.17, 15) is 0 Å². The lowest BCUT2D eigenvalue weighted by Crippen LogP contribution is -2.15. The molecule has 1 aliphatic rings. The molecule has 0 saturated heterocycles. The highest BCUT2D eigenvalue weighted by Gasteiger charge is 2.21. The van der Waals surface area contributed by atoms with E-state index in [2.05, 4.69) is 47.6 Å². The lowest BCUT2D eigenvalue weighted by molar-refractivity contribution is 0.438. The van der Waals surface area contributed by atoms with Gasteiger partial charge < -0.3 is 9.73 Å². The third kappa shape index (κ3) is 3.20. The lowest BCUT2D eigenvalue weighted by Gasteiger charge is -2.04. The van der Waals surface area contributed by atoms with E-state index in [0.717, 1.165) is 0 Å². The van der Waals surface area contributed by atoms with Crippen LogP contribution in [0.5, 0.6) is 0 Å². The van der Waals surface area contributed by atoms with E-state index in [4.69, 9.17) is 4.42 Å². The van der Waals surface area contributed by atoms with Crippen LogP contribution in [-0.2, 0) is 13.0 Å². The first kappa shape index (κ1) is 12.4. The van der Waals surface area contributed by atoms with Gasteiger partial charge in [0.1, 0.15) is 0 Å². The van der Waals surface area contributed by atoms with Crippen LogP contribution in [0.15, 0.2) is 22.6 Å². The molecule has 1 aliphatic carbocycles. The molecule has 4 nitrogen and oxygen atoms in total. The van der Waals surface area contributed by atoms with E-state index in [1.54, 1.807) is 0 Å². The molecule has 1 fully saturated rings. The van der Waals surface area contributed by atoms with Gasteiger partial charge >= 0.3 is 0 Å². The van der Waals surface area contributed by atoms with Crippen molar-refractivity contribution >= 4 is 0 Å². The second kappa shape index (κ2) is 5.13. The van der Waals surface area contributed by atoms with E-state index >= 15 is 0 Å². The summed E-state index contributed by atoms with van der Waals surface area (Å²) in [7, 11) is 0. The molecule has 0 atom stereocenters. The van der Waals surface area contributed by atoms with Gasteiger partial charge in [-0.2, -0.15) is 0 Å². The van der Waals surface area contributed by atoms with Gasteiger partial charge in [-0.15, -0.1) is 10.2 Å². The Hall–Kier alpha value is -1.68. The van der Waals surface area contributed by atoms with Crippen LogP contribution >= 0.6 is 0 Å². The highest BCUT2D eigenvalue weighted by atomic mass is 16.4. The van der Waals surface area contributed by atoms with Crippen molar-refractivity contribution in [3.8, 4) is 0 Å². The predicted molar refractivity (Wildman–Crippen MR) is 72.9 cm³/mol. The Labute approximate surface area is 113 Å². The Morgan fingerprint density at radius 1 is 1.21 bits per heavy atom. The minimum absolute atomic E-state index is 0.661. The molecule has 0 bridgehead atoms. The Bertz CT molecular complexity index is 573. The van der Waals surface area contributed by atoms with Crippen molar-refractivity contribution in [1.29, 1.82) is 0 Å². The molecule has 3 rings (SSSR count). The molecular weight excluding hydrogens is 238 g/mol. The molecule has 1 aromatic carbocycles. The van der Waals surface area contributed by atoms with Crippen molar-refractivity contribution in [2.45, 2.75) is 45.7 Å². The summed E-state index contributed by atoms with van der Waals surface area (Å²) < 4.78 is 5.68. The summed E-state index contributed by atoms with van der Waals surface area (Å²) in [6.07, 6.45) is 3.25. The Kier molecular flexibility index (Phi) is 3.34. The van der Waals surface area contributed by atoms with Crippen LogP contribution < -0.4 is 5.32 Å². The fraction of sp³-hybridized carbons (Fsp3) is 0.467. The third-order valence-electron chi connectivity index (χ3n) is 3.47. The Morgan fingerprint density at radius 2 is 2.00 bits per heavy atom. The maximum absolute atomic E-state index is 5.68. The van der Waals surface area contributed by atoms with Crippen molar-refractivity contribution < 1.29 is 4.42 Å². The Balaban J connectivity index is 1.66. The fourth-order valence-corrected chi connectivity index (χ4v) is 2.10. The third-order valence-corrected chi connectivity index (χ3v) is 3.47. The van der Waals surface area contributed by atoms with E-state index in [1.165, 1.54) is 29.5 Å². The van der Waals surface area contributed by atoms with Crippen LogP contribution in [0.2, 0.25) is 0 Å². The van der Waals surface area contributed by atoms with Gasteiger partial charge in [-0.1, -0.05) is 23.8 Å². The second-order valence-electron chi connectivity index (χ2n) is 5.35. The van der Waals surface area contributed by atoms with Crippen LogP contribution in [-0.4, -0.2) is 16.2 Å². The van der Waals surface area contributed by atoms with Crippen molar-refractivity contribution in [1.82, 2.24) is 15.5 Å². The van der Waals surface area contributed by atoms with Crippen LogP contribution in [0.4, 0.5) is 0 Å². The standard InChI is InChI=1S/C15H19N3O/c1-10-3-4-11(2)12(7-10)8-14-17-18-15(19-14)9-16-13-5-6-13/h3-4,7,13,16H,5-6,8-9H2,1-2H3. The monoisotopic (exact) mass is 257 g/mol. The molecule has 1 heterocycles. The summed E-state index contributed by atoms with van der Waals surface area (Å²) in [6, 6.07) is 7.10. The zero-order valence-electron chi connectivity index (χ0n) is 11.4. The van der Waals surface area contributed by atoms with Gasteiger partial charge in [0.15, 0.2) is 0 Å². The van der Waals surface area contributed by atoms with Crippen LogP contribution in [0.25, 0.3) is 0 Å². The number of aryl methyl sites for hydroxylation is 2. The van der Waals surface area contributed by atoms with Gasteiger partial charge in [-0.05, 0) is 37.8 Å². The predicted octanol–water partition coefficient (Wildman–Crippen LogP) is 2.53. The smallest absolute Gasteiger partial charge is 0.230 e. The average molecular weight is 257 g/mol. The molecule has 4 heteroatoms. The quantitative estimate of drug-likeness (QED) is 0.894. The molecule has 0 spiro atoms. The van der Waals surface area contributed by atoms with Gasteiger partial charge in [-0.3, -0.25) is 0 Å². The van der Waals surface area contributed by atoms with E-state index in [1.807, 2.05) is 0 Å². The number of nitrogens with zero attached hydrogens (tertiary/aromatic N) is 2. The first-order valence-corrected chi connectivity index (χ1v) is 6.81. The molecule has 0 unspecified atom stereocenters. The summed E-state index contributed by atoms with van der Waals surface area (Å²) in [6.45, 7) is 4.90. The molecule has 2 aromatic rings. The summed E-state index contributed by atoms with van der Waals surface area (Å²) >= 11 is 0. The van der Waals surface area contributed by atoms with Gasteiger partial charge in [0.05, 0.1) is 13.0 Å². The van der Waals surface area contributed by atoms with Gasteiger partial charge in [0, 0.05) is 6.04 Å². The van der Waals surface area contributed by atoms with Gasteiger partial charge in [-0.25, -0.2) is 0 Å². The highest BCUT2D eigenvalue weighted by Crippen LogP contribution is 2.19. The van der Waals surface area contributed by atoms with Crippen LogP contribution in [0.1, 0.15) is 41.3 Å². The summed E-state index contributed by atoms with van der Waals surface area (Å²) in [5.74, 6) is 1.38. The molecule has 19 heavy (non-hydrogen) atoms. The first-order valence-electron chi connectivity index (χ1n) is 6.81. The summed E-state index contributed by atoms with van der Waals surface area (Å²) in [5.41, 5.74) is 3.78. The molecule has 0 aliphatic heterocycles. The topological polar surface area (TPSA) is 51.0 Å². The number of rotatable bonds is 5. The largest absolute Gasteiger partial charge is 0.424 e. The van der Waals surface area contributed by atoms with Crippen LogP contribution in [0, 0.1) is 13.8 Å². The minimum atomic E-state index is 0.661. The van der Waals surface area contributed by atoms with E-state index < -0.39 is 0 Å². The molecule has 0 radical (unpaired) electrons. The highest BCUT2D eigenvalue weighted by molar-refractivity contribution is 5.32. The lowest BCUT2D eigenvalue weighted by atomic mass is 10.0. The minimum Gasteiger partial charge on any atom is -0.424 e. The number of hydrogen-bond donors (Lipinski definition) is 1.